The fourth-order valence-electron chi connectivity index (χ4n) is 2.27. The first kappa shape index (κ1) is 14.8. The molecule has 1 aliphatic rings. The molecule has 0 fully saturated rings. The first-order chi connectivity index (χ1) is 9.97. The van der Waals surface area contributed by atoms with Crippen LogP contribution in [-0.4, -0.2) is 35.0 Å². The Labute approximate surface area is 121 Å². The minimum absolute atomic E-state index is 0.0178. The summed E-state index contributed by atoms with van der Waals surface area (Å²) < 4.78 is 0. The Bertz CT molecular complexity index is 548. The molecular formula is C14H17N3O4. The predicted molar refractivity (Wildman–Crippen MR) is 75.6 cm³/mol. The Morgan fingerprint density at radius 2 is 2.10 bits per heavy atom. The summed E-state index contributed by atoms with van der Waals surface area (Å²) in [6, 6.07) is 5.91. The van der Waals surface area contributed by atoms with E-state index in [1.807, 2.05) is 24.3 Å². The lowest BCUT2D eigenvalue weighted by atomic mass is 10.1. The SMILES string of the molecule is NC(=O)CCC(NC(=O)C1Cc2ccccc2N1)C(=O)O. The van der Waals surface area contributed by atoms with Crippen molar-refractivity contribution in [2.45, 2.75) is 31.3 Å². The molecule has 0 radical (unpaired) electrons. The van der Waals surface area contributed by atoms with Gasteiger partial charge in [0.05, 0.1) is 0 Å². The molecule has 0 spiro atoms. The molecular weight excluding hydrogens is 274 g/mol. The van der Waals surface area contributed by atoms with Crippen molar-refractivity contribution in [3.8, 4) is 0 Å². The average Bonchev–Trinajstić information content (AvgIpc) is 2.86. The van der Waals surface area contributed by atoms with Crippen molar-refractivity contribution < 1.29 is 19.5 Å². The van der Waals surface area contributed by atoms with Crippen LogP contribution in [0.4, 0.5) is 5.69 Å². The molecule has 0 saturated carbocycles. The summed E-state index contributed by atoms with van der Waals surface area (Å²) in [5.74, 6) is -2.18. The standard InChI is InChI=1S/C14H17N3O4/c15-12(18)6-5-10(14(20)21)17-13(19)11-7-8-3-1-2-4-9(8)16-11/h1-4,10-11,16H,5-7H2,(H2,15,18)(H,17,19)(H,20,21). The minimum Gasteiger partial charge on any atom is -0.480 e. The number of primary amides is 1. The van der Waals surface area contributed by atoms with Gasteiger partial charge >= 0.3 is 5.97 Å². The van der Waals surface area contributed by atoms with E-state index in [0.717, 1.165) is 11.3 Å². The number of carboxylic acids is 1. The first-order valence-corrected chi connectivity index (χ1v) is 6.63. The number of para-hydroxylation sites is 1. The number of benzene rings is 1. The van der Waals surface area contributed by atoms with Gasteiger partial charge < -0.3 is 21.5 Å². The van der Waals surface area contributed by atoms with Crippen LogP contribution in [-0.2, 0) is 20.8 Å². The Hall–Kier alpha value is -2.57. The highest BCUT2D eigenvalue weighted by Gasteiger charge is 2.29. The van der Waals surface area contributed by atoms with Crippen molar-refractivity contribution in [1.82, 2.24) is 5.32 Å². The second-order valence-electron chi connectivity index (χ2n) is 4.96. The van der Waals surface area contributed by atoms with Gasteiger partial charge in [-0.3, -0.25) is 9.59 Å². The molecule has 21 heavy (non-hydrogen) atoms. The van der Waals surface area contributed by atoms with Gasteiger partial charge in [-0.2, -0.15) is 0 Å². The number of carbonyl (C=O) groups excluding carboxylic acids is 2. The van der Waals surface area contributed by atoms with Gasteiger partial charge in [0.1, 0.15) is 12.1 Å². The molecule has 7 heteroatoms. The first-order valence-electron chi connectivity index (χ1n) is 6.63. The molecule has 7 nitrogen and oxygen atoms in total. The number of amides is 2. The number of hydrogen-bond donors (Lipinski definition) is 4. The van der Waals surface area contributed by atoms with E-state index in [9.17, 15) is 14.4 Å². The molecule has 2 amide bonds. The molecule has 112 valence electrons. The molecule has 1 heterocycles. The van der Waals surface area contributed by atoms with Crippen LogP contribution in [0.25, 0.3) is 0 Å². The maximum atomic E-state index is 12.1. The average molecular weight is 291 g/mol. The molecule has 1 aromatic rings. The topological polar surface area (TPSA) is 122 Å². The number of carboxylic acid groups (broad SMARTS) is 1. The highest BCUT2D eigenvalue weighted by Crippen LogP contribution is 2.25. The van der Waals surface area contributed by atoms with E-state index < -0.39 is 29.9 Å². The third-order valence-electron chi connectivity index (χ3n) is 3.38. The van der Waals surface area contributed by atoms with Gasteiger partial charge in [0.25, 0.3) is 0 Å². The van der Waals surface area contributed by atoms with Crippen LogP contribution in [0.5, 0.6) is 0 Å². The van der Waals surface area contributed by atoms with Crippen molar-refractivity contribution in [3.63, 3.8) is 0 Å². The van der Waals surface area contributed by atoms with Gasteiger partial charge in [-0.25, -0.2) is 4.79 Å². The third kappa shape index (κ3) is 3.71. The number of carbonyl (C=O) groups is 3. The van der Waals surface area contributed by atoms with Crippen LogP contribution in [0.1, 0.15) is 18.4 Å². The second kappa shape index (κ2) is 6.25. The molecule has 1 aromatic carbocycles. The summed E-state index contributed by atoms with van der Waals surface area (Å²) in [6.45, 7) is 0. The lowest BCUT2D eigenvalue weighted by molar-refractivity contribution is -0.142. The van der Waals surface area contributed by atoms with Crippen LogP contribution in [0, 0.1) is 0 Å². The number of hydrogen-bond acceptors (Lipinski definition) is 4. The summed E-state index contributed by atoms with van der Waals surface area (Å²) in [5, 5.41) is 14.6. The second-order valence-corrected chi connectivity index (χ2v) is 4.96. The largest absolute Gasteiger partial charge is 0.480 e. The molecule has 2 unspecified atom stereocenters. The van der Waals surface area contributed by atoms with E-state index in [2.05, 4.69) is 10.6 Å². The van der Waals surface area contributed by atoms with Crippen molar-refractivity contribution in [2.75, 3.05) is 5.32 Å². The fourth-order valence-corrected chi connectivity index (χ4v) is 2.27. The van der Waals surface area contributed by atoms with Gasteiger partial charge in [0.2, 0.25) is 11.8 Å². The normalized spacial score (nSPS) is 17.4. The smallest absolute Gasteiger partial charge is 0.326 e. The van der Waals surface area contributed by atoms with E-state index in [1.54, 1.807) is 0 Å². The number of nitrogens with two attached hydrogens (primary N) is 1. The van der Waals surface area contributed by atoms with Crippen molar-refractivity contribution in [1.29, 1.82) is 0 Å². The number of fused-ring (bicyclic) bond motifs is 1. The maximum absolute atomic E-state index is 12.1. The van der Waals surface area contributed by atoms with Gasteiger partial charge in [0.15, 0.2) is 0 Å². The van der Waals surface area contributed by atoms with Crippen LogP contribution < -0.4 is 16.4 Å². The number of rotatable bonds is 6. The van der Waals surface area contributed by atoms with Crippen molar-refractivity contribution >= 4 is 23.5 Å². The van der Waals surface area contributed by atoms with Crippen LogP contribution in [0.3, 0.4) is 0 Å². The zero-order valence-corrected chi connectivity index (χ0v) is 11.3. The fraction of sp³-hybridized carbons (Fsp3) is 0.357. The van der Waals surface area contributed by atoms with E-state index in [4.69, 9.17) is 10.8 Å². The number of nitrogens with one attached hydrogen (secondary N) is 2. The zero-order valence-electron chi connectivity index (χ0n) is 11.3. The number of aliphatic carboxylic acids is 1. The molecule has 2 atom stereocenters. The van der Waals surface area contributed by atoms with Crippen LogP contribution in [0.15, 0.2) is 24.3 Å². The Morgan fingerprint density at radius 3 is 2.71 bits per heavy atom. The lowest BCUT2D eigenvalue weighted by Gasteiger charge is -2.17. The van der Waals surface area contributed by atoms with Gasteiger partial charge in [-0.05, 0) is 18.1 Å². The summed E-state index contributed by atoms with van der Waals surface area (Å²) in [7, 11) is 0. The summed E-state index contributed by atoms with van der Waals surface area (Å²) in [6.07, 6.45) is 0.399. The monoisotopic (exact) mass is 291 g/mol. The highest BCUT2D eigenvalue weighted by atomic mass is 16.4. The molecule has 0 aromatic heterocycles. The number of anilines is 1. The Morgan fingerprint density at radius 1 is 1.38 bits per heavy atom. The molecule has 5 N–H and O–H groups in total. The summed E-state index contributed by atoms with van der Waals surface area (Å²) in [5.41, 5.74) is 6.89. The predicted octanol–water partition coefficient (Wildman–Crippen LogP) is -0.142. The Balaban J connectivity index is 1.94. The molecule has 2 rings (SSSR count). The Kier molecular flexibility index (Phi) is 4.42. The minimum atomic E-state index is -1.18. The molecule has 1 aliphatic heterocycles. The van der Waals surface area contributed by atoms with Gasteiger partial charge in [-0.15, -0.1) is 0 Å². The van der Waals surface area contributed by atoms with Crippen molar-refractivity contribution in [3.05, 3.63) is 29.8 Å². The highest BCUT2D eigenvalue weighted by molar-refractivity contribution is 5.90. The quantitative estimate of drug-likeness (QED) is 0.581. The molecule has 0 bridgehead atoms. The van der Waals surface area contributed by atoms with Gasteiger partial charge in [-0.1, -0.05) is 18.2 Å². The van der Waals surface area contributed by atoms with E-state index in [-0.39, 0.29) is 12.8 Å². The molecule has 0 aliphatic carbocycles. The van der Waals surface area contributed by atoms with Crippen molar-refractivity contribution in [2.24, 2.45) is 5.73 Å². The van der Waals surface area contributed by atoms with Gasteiger partial charge in [0, 0.05) is 18.5 Å². The lowest BCUT2D eigenvalue weighted by Crippen LogP contribution is -2.47. The summed E-state index contributed by atoms with van der Waals surface area (Å²) in [4.78, 5) is 33.9. The van der Waals surface area contributed by atoms with E-state index in [0.29, 0.717) is 6.42 Å². The third-order valence-corrected chi connectivity index (χ3v) is 3.38. The zero-order chi connectivity index (χ0) is 15.4. The van der Waals surface area contributed by atoms with Crippen LogP contribution >= 0.6 is 0 Å². The van der Waals surface area contributed by atoms with Crippen LogP contribution in [0.2, 0.25) is 0 Å². The molecule has 0 saturated heterocycles. The van der Waals surface area contributed by atoms with E-state index in [1.165, 1.54) is 0 Å². The van der Waals surface area contributed by atoms with E-state index >= 15 is 0 Å². The summed E-state index contributed by atoms with van der Waals surface area (Å²) >= 11 is 0. The maximum Gasteiger partial charge on any atom is 0.326 e.